The summed E-state index contributed by atoms with van der Waals surface area (Å²) in [6.07, 6.45) is 2.62. The Kier molecular flexibility index (Phi) is 5.06. The number of hydrogen-bond donors (Lipinski definition) is 1. The first-order chi connectivity index (χ1) is 14.8. The normalized spacial score (nSPS) is 12.8. The molecule has 4 aromatic rings. The molecule has 1 aliphatic heterocycles. The van der Waals surface area contributed by atoms with E-state index in [9.17, 15) is 4.79 Å². The number of thiophene rings is 1. The van der Waals surface area contributed by atoms with E-state index in [-0.39, 0.29) is 5.91 Å². The van der Waals surface area contributed by atoms with Crippen LogP contribution in [0.1, 0.15) is 17.1 Å². The Morgan fingerprint density at radius 3 is 2.90 bits per heavy atom. The highest BCUT2D eigenvalue weighted by Crippen LogP contribution is 2.32. The number of carbonyl (C=O) groups excluding carboxylic acids is 1. The molecular formula is C22H20N4O3S. The highest BCUT2D eigenvalue weighted by molar-refractivity contribution is 7.09. The van der Waals surface area contributed by atoms with Gasteiger partial charge in [-0.1, -0.05) is 6.07 Å². The summed E-state index contributed by atoms with van der Waals surface area (Å²) >= 11 is 1.70. The second kappa shape index (κ2) is 8.16. The van der Waals surface area contributed by atoms with Crippen molar-refractivity contribution in [3.8, 4) is 11.5 Å². The van der Waals surface area contributed by atoms with Gasteiger partial charge in [-0.25, -0.2) is 9.97 Å². The van der Waals surface area contributed by atoms with Crippen molar-refractivity contribution in [3.63, 3.8) is 0 Å². The summed E-state index contributed by atoms with van der Waals surface area (Å²) in [5.41, 5.74) is 2.38. The van der Waals surface area contributed by atoms with E-state index < -0.39 is 0 Å². The minimum Gasteiger partial charge on any atom is -0.486 e. The highest BCUT2D eigenvalue weighted by Gasteiger charge is 2.16. The number of anilines is 1. The molecule has 1 amide bonds. The summed E-state index contributed by atoms with van der Waals surface area (Å²) in [5, 5.41) is 4.99. The van der Waals surface area contributed by atoms with Crippen molar-refractivity contribution in [1.82, 2.24) is 14.5 Å². The molecule has 1 aliphatic rings. The molecule has 3 aromatic heterocycles. The number of amides is 1. The van der Waals surface area contributed by atoms with E-state index in [4.69, 9.17) is 14.5 Å². The molecule has 152 valence electrons. The molecule has 30 heavy (non-hydrogen) atoms. The lowest BCUT2D eigenvalue weighted by Crippen LogP contribution is -2.17. The Morgan fingerprint density at radius 2 is 2.03 bits per heavy atom. The van der Waals surface area contributed by atoms with Gasteiger partial charge in [0.2, 0.25) is 5.91 Å². The number of ether oxygens (including phenoxy) is 2. The Balaban J connectivity index is 1.30. The van der Waals surface area contributed by atoms with Gasteiger partial charge in [-0.3, -0.25) is 4.79 Å². The first-order valence-corrected chi connectivity index (χ1v) is 10.7. The molecule has 0 radical (unpaired) electrons. The summed E-state index contributed by atoms with van der Waals surface area (Å²) in [5.74, 6) is 2.14. The standard InChI is InChI=1S/C22H20N4O3S/c27-21(24-15-5-6-18-19(13-15)29-11-10-28-18)8-7-20-25-17-4-1-9-23-22(17)26(20)14-16-3-2-12-30-16/h1-6,9,12-13H,7-8,10-11,14H2,(H,24,27). The number of hydrogen-bond acceptors (Lipinski definition) is 6. The third kappa shape index (κ3) is 3.86. The molecule has 0 saturated carbocycles. The molecule has 1 aromatic carbocycles. The van der Waals surface area contributed by atoms with Gasteiger partial charge in [-0.2, -0.15) is 0 Å². The summed E-state index contributed by atoms with van der Waals surface area (Å²) in [6, 6.07) is 13.4. The van der Waals surface area contributed by atoms with Crippen molar-refractivity contribution < 1.29 is 14.3 Å². The van der Waals surface area contributed by atoms with Crippen LogP contribution in [0.25, 0.3) is 11.2 Å². The van der Waals surface area contributed by atoms with Gasteiger partial charge in [0.15, 0.2) is 17.1 Å². The minimum atomic E-state index is -0.0747. The molecule has 4 heterocycles. The number of aryl methyl sites for hydroxylation is 1. The van der Waals surface area contributed by atoms with Gasteiger partial charge in [-0.05, 0) is 35.7 Å². The molecule has 7 nitrogen and oxygen atoms in total. The van der Waals surface area contributed by atoms with Crippen LogP contribution in [0.3, 0.4) is 0 Å². The maximum Gasteiger partial charge on any atom is 0.224 e. The maximum absolute atomic E-state index is 12.6. The molecular weight excluding hydrogens is 400 g/mol. The predicted molar refractivity (Wildman–Crippen MR) is 115 cm³/mol. The van der Waals surface area contributed by atoms with E-state index in [1.165, 1.54) is 4.88 Å². The van der Waals surface area contributed by atoms with Crippen molar-refractivity contribution >= 4 is 34.1 Å². The fraction of sp³-hybridized carbons (Fsp3) is 0.227. The fourth-order valence-corrected chi connectivity index (χ4v) is 4.18. The van der Waals surface area contributed by atoms with Crippen molar-refractivity contribution in [3.05, 3.63) is 64.7 Å². The van der Waals surface area contributed by atoms with Crippen molar-refractivity contribution in [2.75, 3.05) is 18.5 Å². The number of aromatic nitrogens is 3. The molecule has 5 rings (SSSR count). The predicted octanol–water partition coefficient (Wildman–Crippen LogP) is 3.88. The Bertz CT molecular complexity index is 1190. The van der Waals surface area contributed by atoms with Gasteiger partial charge in [0.25, 0.3) is 0 Å². The Hall–Kier alpha value is -3.39. The van der Waals surface area contributed by atoms with Crippen molar-refractivity contribution in [2.24, 2.45) is 0 Å². The molecule has 1 N–H and O–H groups in total. The first kappa shape index (κ1) is 18.6. The Labute approximate surface area is 177 Å². The van der Waals surface area contributed by atoms with E-state index in [1.54, 1.807) is 23.6 Å². The third-order valence-corrected chi connectivity index (χ3v) is 5.74. The summed E-state index contributed by atoms with van der Waals surface area (Å²) in [6.45, 7) is 1.75. The summed E-state index contributed by atoms with van der Waals surface area (Å²) in [7, 11) is 0. The number of rotatable bonds is 6. The molecule has 0 unspecified atom stereocenters. The van der Waals surface area contributed by atoms with Crippen molar-refractivity contribution in [1.29, 1.82) is 0 Å². The molecule has 0 aliphatic carbocycles. The fourth-order valence-electron chi connectivity index (χ4n) is 3.49. The number of benzene rings is 1. The summed E-state index contributed by atoms with van der Waals surface area (Å²) in [4.78, 5) is 23.0. The lowest BCUT2D eigenvalue weighted by Gasteiger charge is -2.19. The van der Waals surface area contributed by atoms with Gasteiger partial charge in [0.1, 0.15) is 24.6 Å². The first-order valence-electron chi connectivity index (χ1n) is 9.78. The van der Waals surface area contributed by atoms with Gasteiger partial charge in [-0.15, -0.1) is 11.3 Å². The zero-order valence-corrected chi connectivity index (χ0v) is 17.0. The van der Waals surface area contributed by atoms with E-state index >= 15 is 0 Å². The molecule has 0 bridgehead atoms. The number of nitrogens with one attached hydrogen (secondary N) is 1. The van der Waals surface area contributed by atoms with Crippen LogP contribution in [0, 0.1) is 0 Å². The number of imidazole rings is 1. The van der Waals surface area contributed by atoms with E-state index in [0.717, 1.165) is 17.0 Å². The van der Waals surface area contributed by atoms with Gasteiger partial charge >= 0.3 is 0 Å². The van der Waals surface area contributed by atoms with Crippen LogP contribution in [0.2, 0.25) is 0 Å². The van der Waals surface area contributed by atoms with Gasteiger partial charge in [0, 0.05) is 35.7 Å². The third-order valence-electron chi connectivity index (χ3n) is 4.88. The number of nitrogens with zero attached hydrogens (tertiary/aromatic N) is 3. The van der Waals surface area contributed by atoms with Crippen LogP contribution in [-0.4, -0.2) is 33.7 Å². The average Bonchev–Trinajstić information content (AvgIpc) is 3.41. The van der Waals surface area contributed by atoms with Crippen LogP contribution in [0.4, 0.5) is 5.69 Å². The summed E-state index contributed by atoms with van der Waals surface area (Å²) < 4.78 is 13.2. The van der Waals surface area contributed by atoms with E-state index in [1.807, 2.05) is 30.3 Å². The van der Waals surface area contributed by atoms with E-state index in [2.05, 4.69) is 26.3 Å². The van der Waals surface area contributed by atoms with Gasteiger partial charge < -0.3 is 19.4 Å². The Morgan fingerprint density at radius 1 is 1.13 bits per heavy atom. The second-order valence-electron chi connectivity index (χ2n) is 6.95. The van der Waals surface area contributed by atoms with Crippen LogP contribution in [0.15, 0.2) is 54.0 Å². The quantitative estimate of drug-likeness (QED) is 0.512. The lowest BCUT2D eigenvalue weighted by molar-refractivity contribution is -0.116. The van der Waals surface area contributed by atoms with Crippen LogP contribution in [-0.2, 0) is 17.8 Å². The van der Waals surface area contributed by atoms with Crippen LogP contribution >= 0.6 is 11.3 Å². The van der Waals surface area contributed by atoms with Crippen molar-refractivity contribution in [2.45, 2.75) is 19.4 Å². The SMILES string of the molecule is O=C(CCc1nc2cccnc2n1Cc1cccs1)Nc1ccc2c(c1)OCCO2. The number of carbonyl (C=O) groups is 1. The topological polar surface area (TPSA) is 78.3 Å². The smallest absolute Gasteiger partial charge is 0.224 e. The van der Waals surface area contributed by atoms with Gasteiger partial charge in [0.05, 0.1) is 6.54 Å². The average molecular weight is 420 g/mol. The van der Waals surface area contributed by atoms with Crippen LogP contribution < -0.4 is 14.8 Å². The molecule has 0 atom stereocenters. The van der Waals surface area contributed by atoms with E-state index in [0.29, 0.717) is 49.8 Å². The monoisotopic (exact) mass is 420 g/mol. The lowest BCUT2D eigenvalue weighted by atomic mass is 10.2. The minimum absolute atomic E-state index is 0.0747. The highest BCUT2D eigenvalue weighted by atomic mass is 32.1. The molecule has 0 saturated heterocycles. The maximum atomic E-state index is 12.6. The molecule has 0 spiro atoms. The number of fused-ring (bicyclic) bond motifs is 2. The van der Waals surface area contributed by atoms with Crippen LogP contribution in [0.5, 0.6) is 11.5 Å². The zero-order valence-electron chi connectivity index (χ0n) is 16.2. The molecule has 8 heteroatoms. The second-order valence-corrected chi connectivity index (χ2v) is 7.98. The number of pyridine rings is 1. The largest absolute Gasteiger partial charge is 0.486 e. The molecule has 0 fully saturated rings. The zero-order chi connectivity index (χ0) is 20.3.